The first-order valence-electron chi connectivity index (χ1n) is 15.0. The maximum absolute atomic E-state index is 6.48. The summed E-state index contributed by atoms with van der Waals surface area (Å²) < 4.78 is 12.9. The van der Waals surface area contributed by atoms with Crippen LogP contribution in [0.15, 0.2) is 154 Å². The molecule has 0 N–H and O–H groups in total. The minimum absolute atomic E-state index is 0.795. The molecule has 0 bridgehead atoms. The summed E-state index contributed by atoms with van der Waals surface area (Å²) in [5.41, 5.74) is 8.03. The number of furan rings is 2. The zero-order valence-corrected chi connectivity index (χ0v) is 23.7. The summed E-state index contributed by atoms with van der Waals surface area (Å²) >= 11 is 0. The Balaban J connectivity index is 1.16. The second-order valence-corrected chi connectivity index (χ2v) is 11.7. The van der Waals surface area contributed by atoms with Crippen LogP contribution in [0.25, 0.3) is 98.4 Å². The van der Waals surface area contributed by atoms with E-state index in [0.717, 1.165) is 49.4 Å². The van der Waals surface area contributed by atoms with Crippen LogP contribution in [0.2, 0.25) is 0 Å². The van der Waals surface area contributed by atoms with Crippen LogP contribution in [0, 0.1) is 0 Å². The molecule has 44 heavy (non-hydrogen) atoms. The average Bonchev–Trinajstić information content (AvgIpc) is 3.66. The molecule has 0 amide bonds. The largest absolute Gasteiger partial charge is 0.452 e. The van der Waals surface area contributed by atoms with E-state index in [2.05, 4.69) is 140 Å². The van der Waals surface area contributed by atoms with Crippen LogP contribution in [0.5, 0.6) is 0 Å². The van der Waals surface area contributed by atoms with Crippen LogP contribution in [0.4, 0.5) is 0 Å². The summed E-state index contributed by atoms with van der Waals surface area (Å²) in [5, 5.41) is 12.0. The van der Waals surface area contributed by atoms with Crippen molar-refractivity contribution in [2.75, 3.05) is 0 Å². The monoisotopic (exact) mass is 560 g/mol. The number of rotatable bonds is 2. The van der Waals surface area contributed by atoms with Gasteiger partial charge in [-0.3, -0.25) is 0 Å². The second kappa shape index (κ2) is 8.82. The molecule has 0 aliphatic heterocycles. The van der Waals surface area contributed by atoms with Crippen LogP contribution in [0.1, 0.15) is 0 Å². The van der Waals surface area contributed by atoms with Crippen LogP contribution in [-0.4, -0.2) is 0 Å². The Kier molecular flexibility index (Phi) is 4.75. The molecule has 0 aliphatic rings. The fraction of sp³-hybridized carbons (Fsp3) is 0. The molecule has 2 nitrogen and oxygen atoms in total. The lowest BCUT2D eigenvalue weighted by Gasteiger charge is -2.12. The molecular weight excluding hydrogens is 536 g/mol. The molecule has 0 saturated heterocycles. The predicted octanol–water partition coefficient (Wildman–Crippen LogP) is 12.3. The fourth-order valence-corrected chi connectivity index (χ4v) is 7.15. The van der Waals surface area contributed by atoms with Gasteiger partial charge in [-0.2, -0.15) is 0 Å². The van der Waals surface area contributed by atoms with Crippen LogP contribution < -0.4 is 0 Å². The van der Waals surface area contributed by atoms with Crippen molar-refractivity contribution in [2.24, 2.45) is 0 Å². The highest BCUT2D eigenvalue weighted by molar-refractivity contribution is 6.26. The molecule has 0 spiro atoms. The fourth-order valence-electron chi connectivity index (χ4n) is 7.15. The standard InChI is InChI=1S/C42H24O2/c1-2-8-25(9-3-1)26-15-20-39-37(23-26)34-18-19-35-38-24-28(16-21-40(38)44-42(35)41(34)43-39)27-14-17-33-31-12-5-4-10-29(31)30-11-6-7-13-32(30)36(33)22-27/h1-24H. The zero-order chi connectivity index (χ0) is 28.8. The molecule has 10 aromatic rings. The molecule has 8 aromatic carbocycles. The summed E-state index contributed by atoms with van der Waals surface area (Å²) in [6, 6.07) is 52.0. The Morgan fingerprint density at radius 1 is 0.250 bits per heavy atom. The van der Waals surface area contributed by atoms with Crippen molar-refractivity contribution < 1.29 is 8.83 Å². The van der Waals surface area contributed by atoms with Crippen molar-refractivity contribution in [3.05, 3.63) is 146 Å². The third kappa shape index (κ3) is 3.31. The van der Waals surface area contributed by atoms with Gasteiger partial charge in [0.05, 0.1) is 0 Å². The van der Waals surface area contributed by atoms with E-state index in [1.54, 1.807) is 0 Å². The first-order valence-corrected chi connectivity index (χ1v) is 15.0. The van der Waals surface area contributed by atoms with E-state index in [-0.39, 0.29) is 0 Å². The Hall–Kier alpha value is -5.86. The van der Waals surface area contributed by atoms with E-state index in [0.29, 0.717) is 0 Å². The molecule has 2 heteroatoms. The lowest BCUT2D eigenvalue weighted by Crippen LogP contribution is -1.85. The first kappa shape index (κ1) is 23.7. The molecule has 204 valence electrons. The van der Waals surface area contributed by atoms with E-state index < -0.39 is 0 Å². The first-order chi connectivity index (χ1) is 21.8. The molecule has 10 rings (SSSR count). The molecule has 0 aliphatic carbocycles. The second-order valence-electron chi connectivity index (χ2n) is 11.7. The van der Waals surface area contributed by atoms with Gasteiger partial charge in [-0.05, 0) is 97.0 Å². The van der Waals surface area contributed by atoms with Gasteiger partial charge in [0.2, 0.25) is 0 Å². The minimum Gasteiger partial charge on any atom is -0.452 e. The summed E-state index contributed by atoms with van der Waals surface area (Å²) in [4.78, 5) is 0. The molecule has 0 atom stereocenters. The topological polar surface area (TPSA) is 26.3 Å². The van der Waals surface area contributed by atoms with E-state index >= 15 is 0 Å². The predicted molar refractivity (Wildman–Crippen MR) is 184 cm³/mol. The highest BCUT2D eigenvalue weighted by atomic mass is 16.4. The van der Waals surface area contributed by atoms with E-state index in [9.17, 15) is 0 Å². The average molecular weight is 561 g/mol. The molecule has 0 radical (unpaired) electrons. The number of hydrogen-bond acceptors (Lipinski definition) is 2. The van der Waals surface area contributed by atoms with Gasteiger partial charge in [-0.25, -0.2) is 0 Å². The third-order valence-electron chi connectivity index (χ3n) is 9.26. The van der Waals surface area contributed by atoms with Gasteiger partial charge in [0.15, 0.2) is 11.2 Å². The van der Waals surface area contributed by atoms with E-state index in [4.69, 9.17) is 8.83 Å². The summed E-state index contributed by atoms with van der Waals surface area (Å²) in [7, 11) is 0. The van der Waals surface area contributed by atoms with Crippen LogP contribution >= 0.6 is 0 Å². The van der Waals surface area contributed by atoms with Gasteiger partial charge < -0.3 is 8.83 Å². The van der Waals surface area contributed by atoms with Gasteiger partial charge in [-0.1, -0.05) is 103 Å². The maximum Gasteiger partial charge on any atom is 0.178 e. The Bertz CT molecular complexity index is 2730. The summed E-state index contributed by atoms with van der Waals surface area (Å²) in [5.74, 6) is 0. The van der Waals surface area contributed by atoms with Crippen LogP contribution in [0.3, 0.4) is 0 Å². The summed E-state index contributed by atoms with van der Waals surface area (Å²) in [6.07, 6.45) is 0. The maximum atomic E-state index is 6.48. The molecule has 2 aromatic heterocycles. The Morgan fingerprint density at radius 3 is 1.18 bits per heavy atom. The van der Waals surface area contributed by atoms with E-state index in [1.807, 2.05) is 6.07 Å². The van der Waals surface area contributed by atoms with Crippen molar-refractivity contribution >= 4 is 76.2 Å². The Morgan fingerprint density at radius 2 is 0.636 bits per heavy atom. The van der Waals surface area contributed by atoms with Crippen molar-refractivity contribution in [3.63, 3.8) is 0 Å². The molecule has 0 unspecified atom stereocenters. The van der Waals surface area contributed by atoms with Crippen molar-refractivity contribution in [1.29, 1.82) is 0 Å². The van der Waals surface area contributed by atoms with Gasteiger partial charge in [-0.15, -0.1) is 0 Å². The normalized spacial score (nSPS) is 12.1. The quantitative estimate of drug-likeness (QED) is 0.197. The van der Waals surface area contributed by atoms with Crippen molar-refractivity contribution in [1.82, 2.24) is 0 Å². The zero-order valence-electron chi connectivity index (χ0n) is 23.7. The van der Waals surface area contributed by atoms with Gasteiger partial charge >= 0.3 is 0 Å². The van der Waals surface area contributed by atoms with Gasteiger partial charge in [0.1, 0.15) is 11.2 Å². The van der Waals surface area contributed by atoms with Crippen LogP contribution in [-0.2, 0) is 0 Å². The van der Waals surface area contributed by atoms with Crippen molar-refractivity contribution in [2.45, 2.75) is 0 Å². The highest BCUT2D eigenvalue weighted by Gasteiger charge is 2.17. The molecule has 2 heterocycles. The van der Waals surface area contributed by atoms with Gasteiger partial charge in [0.25, 0.3) is 0 Å². The number of benzene rings is 8. The molecular formula is C42H24O2. The molecule has 0 saturated carbocycles. The lowest BCUT2D eigenvalue weighted by atomic mass is 9.92. The van der Waals surface area contributed by atoms with E-state index in [1.165, 1.54) is 49.0 Å². The lowest BCUT2D eigenvalue weighted by molar-refractivity contribution is 0.633. The van der Waals surface area contributed by atoms with Crippen molar-refractivity contribution in [3.8, 4) is 22.3 Å². The molecule has 0 fully saturated rings. The highest BCUT2D eigenvalue weighted by Crippen LogP contribution is 2.42. The number of hydrogen-bond donors (Lipinski definition) is 0. The third-order valence-corrected chi connectivity index (χ3v) is 9.26. The summed E-state index contributed by atoms with van der Waals surface area (Å²) in [6.45, 7) is 0. The van der Waals surface area contributed by atoms with Gasteiger partial charge in [0, 0.05) is 21.5 Å². The SMILES string of the molecule is c1ccc(-c2ccc3oc4c(ccc5c6cc(-c7ccc8c9ccccc9c9ccccc9c8c7)ccc6oc54)c3c2)cc1. The number of fused-ring (bicyclic) bond motifs is 13. The minimum atomic E-state index is 0.795. The Labute approximate surface area is 252 Å². The smallest absolute Gasteiger partial charge is 0.178 e.